The Labute approximate surface area is 108 Å². The molecule has 1 saturated carbocycles. The number of benzene rings is 1. The van der Waals surface area contributed by atoms with Gasteiger partial charge >= 0.3 is 0 Å². The Morgan fingerprint density at radius 2 is 1.89 bits per heavy atom. The van der Waals surface area contributed by atoms with Gasteiger partial charge in [0, 0.05) is 6.61 Å². The predicted octanol–water partition coefficient (Wildman–Crippen LogP) is 2.43. The van der Waals surface area contributed by atoms with Gasteiger partial charge in [0.25, 0.3) is 0 Å². The Hall–Kier alpha value is -1.06. The number of hydrogen-bond donors (Lipinski definition) is 0. The topological polar surface area (TPSA) is 31.0 Å². The van der Waals surface area contributed by atoms with Crippen LogP contribution < -0.4 is 4.74 Å². The second kappa shape index (κ2) is 5.72. The maximum absolute atomic E-state index is 5.63. The first-order valence-corrected chi connectivity index (χ1v) is 6.81. The van der Waals surface area contributed by atoms with E-state index in [9.17, 15) is 0 Å². The first-order valence-electron chi connectivity index (χ1n) is 6.81. The van der Waals surface area contributed by atoms with Crippen LogP contribution in [0.4, 0.5) is 0 Å². The highest BCUT2D eigenvalue weighted by atomic mass is 16.6. The molecule has 0 aromatic heterocycles. The lowest BCUT2D eigenvalue weighted by atomic mass is 10.1. The summed E-state index contributed by atoms with van der Waals surface area (Å²) in [5.74, 6) is 1.78. The molecule has 1 atom stereocenters. The van der Waals surface area contributed by atoms with Gasteiger partial charge < -0.3 is 14.2 Å². The summed E-state index contributed by atoms with van der Waals surface area (Å²) in [6.45, 7) is 3.29. The summed E-state index contributed by atoms with van der Waals surface area (Å²) in [6, 6.07) is 8.28. The average molecular weight is 248 g/mol. The minimum absolute atomic E-state index is 0.320. The Morgan fingerprint density at radius 3 is 2.56 bits per heavy atom. The highest BCUT2D eigenvalue weighted by Gasteiger charge is 2.23. The molecule has 1 heterocycles. The lowest BCUT2D eigenvalue weighted by Crippen LogP contribution is -2.04. The molecular weight excluding hydrogens is 228 g/mol. The summed E-state index contributed by atoms with van der Waals surface area (Å²) < 4.78 is 16.3. The fraction of sp³-hybridized carbons (Fsp3) is 0.600. The number of ether oxygens (including phenoxy) is 3. The van der Waals surface area contributed by atoms with E-state index < -0.39 is 0 Å². The van der Waals surface area contributed by atoms with Crippen LogP contribution in [0.15, 0.2) is 24.3 Å². The zero-order chi connectivity index (χ0) is 12.2. The van der Waals surface area contributed by atoms with Crippen LogP contribution in [0.25, 0.3) is 0 Å². The van der Waals surface area contributed by atoms with Crippen molar-refractivity contribution in [3.05, 3.63) is 29.8 Å². The quantitative estimate of drug-likeness (QED) is 0.523. The highest BCUT2D eigenvalue weighted by Crippen LogP contribution is 2.28. The van der Waals surface area contributed by atoms with Crippen LogP contribution in [-0.4, -0.2) is 32.5 Å². The molecule has 1 aliphatic heterocycles. The van der Waals surface area contributed by atoms with E-state index in [1.54, 1.807) is 0 Å². The molecule has 0 N–H and O–H groups in total. The van der Waals surface area contributed by atoms with Gasteiger partial charge in [0.2, 0.25) is 0 Å². The third kappa shape index (κ3) is 4.00. The van der Waals surface area contributed by atoms with Crippen molar-refractivity contribution in [2.45, 2.75) is 25.4 Å². The predicted molar refractivity (Wildman–Crippen MR) is 68.9 cm³/mol. The lowest BCUT2D eigenvalue weighted by molar-refractivity contribution is 0.127. The van der Waals surface area contributed by atoms with Crippen molar-refractivity contribution in [2.24, 2.45) is 5.92 Å². The first-order chi connectivity index (χ1) is 8.90. The molecule has 0 radical (unpaired) electrons. The van der Waals surface area contributed by atoms with Gasteiger partial charge in [-0.25, -0.2) is 0 Å². The molecule has 1 saturated heterocycles. The SMILES string of the molecule is c1cc(OC[C@H]2CO2)ccc1CCOCC1CC1. The molecular formula is C15H20O3. The highest BCUT2D eigenvalue weighted by molar-refractivity contribution is 5.27. The zero-order valence-corrected chi connectivity index (χ0v) is 10.6. The number of rotatable bonds is 8. The van der Waals surface area contributed by atoms with E-state index in [4.69, 9.17) is 14.2 Å². The van der Waals surface area contributed by atoms with Crippen LogP contribution in [0.3, 0.4) is 0 Å². The standard InChI is InChI=1S/C15H20O3/c1-2-13(1)9-16-8-7-12-3-5-14(6-4-12)17-10-15-11-18-15/h3-6,13,15H,1-2,7-11H2/t15-/m0/s1. The number of hydrogen-bond acceptors (Lipinski definition) is 3. The summed E-state index contributed by atoms with van der Waals surface area (Å²) in [5, 5.41) is 0. The molecule has 3 nitrogen and oxygen atoms in total. The molecule has 0 spiro atoms. The van der Waals surface area contributed by atoms with Gasteiger partial charge in [0.1, 0.15) is 18.5 Å². The molecule has 98 valence electrons. The van der Waals surface area contributed by atoms with Gasteiger partial charge in [-0.05, 0) is 42.9 Å². The Kier molecular flexibility index (Phi) is 3.81. The van der Waals surface area contributed by atoms with E-state index >= 15 is 0 Å². The lowest BCUT2D eigenvalue weighted by Gasteiger charge is -2.06. The molecule has 1 aromatic rings. The van der Waals surface area contributed by atoms with Crippen molar-refractivity contribution >= 4 is 0 Å². The van der Waals surface area contributed by atoms with Gasteiger partial charge in [-0.15, -0.1) is 0 Å². The molecule has 2 aliphatic rings. The molecule has 3 rings (SSSR count). The minimum Gasteiger partial charge on any atom is -0.491 e. The van der Waals surface area contributed by atoms with Crippen LogP contribution in [-0.2, 0) is 15.9 Å². The fourth-order valence-corrected chi connectivity index (χ4v) is 1.83. The molecule has 18 heavy (non-hydrogen) atoms. The molecule has 0 unspecified atom stereocenters. The van der Waals surface area contributed by atoms with Crippen molar-refractivity contribution in [1.82, 2.24) is 0 Å². The molecule has 1 aromatic carbocycles. The largest absolute Gasteiger partial charge is 0.491 e. The van der Waals surface area contributed by atoms with E-state index in [2.05, 4.69) is 12.1 Å². The normalized spacial score (nSPS) is 21.9. The molecule has 1 aliphatic carbocycles. The van der Waals surface area contributed by atoms with Crippen LogP contribution in [0, 0.1) is 5.92 Å². The number of epoxide rings is 1. The Balaban J connectivity index is 1.35. The monoisotopic (exact) mass is 248 g/mol. The summed E-state index contributed by atoms with van der Waals surface area (Å²) in [4.78, 5) is 0. The fourth-order valence-electron chi connectivity index (χ4n) is 1.83. The van der Waals surface area contributed by atoms with E-state index in [1.807, 2.05) is 12.1 Å². The smallest absolute Gasteiger partial charge is 0.119 e. The van der Waals surface area contributed by atoms with Crippen LogP contribution in [0.2, 0.25) is 0 Å². The van der Waals surface area contributed by atoms with Gasteiger partial charge in [-0.2, -0.15) is 0 Å². The summed E-state index contributed by atoms with van der Waals surface area (Å²) in [6.07, 6.45) is 4.02. The van der Waals surface area contributed by atoms with Crippen LogP contribution in [0.5, 0.6) is 5.75 Å². The van der Waals surface area contributed by atoms with Gasteiger partial charge in [0.15, 0.2) is 0 Å². The van der Waals surface area contributed by atoms with Crippen molar-refractivity contribution in [2.75, 3.05) is 26.4 Å². The van der Waals surface area contributed by atoms with E-state index in [0.29, 0.717) is 12.7 Å². The van der Waals surface area contributed by atoms with Crippen molar-refractivity contribution in [3.63, 3.8) is 0 Å². The molecule has 0 amide bonds. The second-order valence-corrected chi connectivity index (χ2v) is 5.18. The summed E-state index contributed by atoms with van der Waals surface area (Å²) >= 11 is 0. The third-order valence-corrected chi connectivity index (χ3v) is 3.35. The first kappa shape index (κ1) is 12.0. The maximum atomic E-state index is 5.63. The van der Waals surface area contributed by atoms with Crippen LogP contribution >= 0.6 is 0 Å². The zero-order valence-electron chi connectivity index (χ0n) is 10.6. The van der Waals surface area contributed by atoms with Gasteiger partial charge in [-0.1, -0.05) is 12.1 Å². The maximum Gasteiger partial charge on any atom is 0.119 e. The summed E-state index contributed by atoms with van der Waals surface area (Å²) in [5.41, 5.74) is 1.31. The Bertz CT molecular complexity index is 366. The van der Waals surface area contributed by atoms with Crippen LogP contribution in [0.1, 0.15) is 18.4 Å². The second-order valence-electron chi connectivity index (χ2n) is 5.18. The molecule has 0 bridgehead atoms. The van der Waals surface area contributed by atoms with E-state index in [1.165, 1.54) is 18.4 Å². The van der Waals surface area contributed by atoms with Gasteiger partial charge in [-0.3, -0.25) is 0 Å². The van der Waals surface area contributed by atoms with Crippen molar-refractivity contribution < 1.29 is 14.2 Å². The summed E-state index contributed by atoms with van der Waals surface area (Å²) in [7, 11) is 0. The Morgan fingerprint density at radius 1 is 1.11 bits per heavy atom. The minimum atomic E-state index is 0.320. The average Bonchev–Trinajstić information content (AvgIpc) is 3.28. The molecule has 2 fully saturated rings. The third-order valence-electron chi connectivity index (χ3n) is 3.35. The molecule has 3 heteroatoms. The van der Waals surface area contributed by atoms with Gasteiger partial charge in [0.05, 0.1) is 13.2 Å². The van der Waals surface area contributed by atoms with Crippen molar-refractivity contribution in [3.8, 4) is 5.75 Å². The van der Waals surface area contributed by atoms with Crippen molar-refractivity contribution in [1.29, 1.82) is 0 Å². The van der Waals surface area contributed by atoms with E-state index in [-0.39, 0.29) is 0 Å². The van der Waals surface area contributed by atoms with E-state index in [0.717, 1.165) is 37.9 Å².